The first kappa shape index (κ1) is 18.9. The molecular weight excluding hydrogens is 344 g/mol. The molecule has 1 aromatic heterocycles. The quantitative estimate of drug-likeness (QED) is 0.773. The van der Waals surface area contributed by atoms with Crippen LogP contribution in [0.3, 0.4) is 0 Å². The van der Waals surface area contributed by atoms with Crippen molar-refractivity contribution in [2.24, 2.45) is 5.92 Å². The molecular formula is C21H28N2O2S. The van der Waals surface area contributed by atoms with Crippen LogP contribution < -0.4 is 5.32 Å². The molecule has 1 aliphatic heterocycles. The number of hydrogen-bond acceptors (Lipinski definition) is 4. The Kier molecular flexibility index (Phi) is 6.69. The first-order valence-corrected chi connectivity index (χ1v) is 10.3. The Morgan fingerprint density at radius 3 is 2.73 bits per heavy atom. The van der Waals surface area contributed by atoms with E-state index in [1.165, 1.54) is 17.7 Å². The summed E-state index contributed by atoms with van der Waals surface area (Å²) >= 11 is 1.76. The number of amides is 1. The molecule has 140 valence electrons. The first-order chi connectivity index (χ1) is 12.6. The Balaban J connectivity index is 1.54. The molecule has 0 bridgehead atoms. The average Bonchev–Trinajstić information content (AvgIpc) is 3.17. The Bertz CT molecular complexity index is 694. The SMILES string of the molecule is CC1CCN(C(CNC(=O)CCc2ccccc2O)c2cccs2)CC1. The molecule has 2 heterocycles. The number of para-hydroxylation sites is 1. The highest BCUT2D eigenvalue weighted by atomic mass is 32.1. The molecule has 0 spiro atoms. The third-order valence-electron chi connectivity index (χ3n) is 5.24. The van der Waals surface area contributed by atoms with Crippen LogP contribution in [-0.2, 0) is 11.2 Å². The Morgan fingerprint density at radius 2 is 2.04 bits per heavy atom. The minimum atomic E-state index is 0.0418. The lowest BCUT2D eigenvalue weighted by atomic mass is 9.97. The van der Waals surface area contributed by atoms with Gasteiger partial charge in [0.1, 0.15) is 5.75 Å². The van der Waals surface area contributed by atoms with E-state index in [1.807, 2.05) is 12.1 Å². The van der Waals surface area contributed by atoms with Crippen LogP contribution in [0, 0.1) is 5.92 Å². The summed E-state index contributed by atoms with van der Waals surface area (Å²) in [6, 6.07) is 11.7. The summed E-state index contributed by atoms with van der Waals surface area (Å²) in [5.74, 6) is 1.10. The minimum absolute atomic E-state index is 0.0418. The van der Waals surface area contributed by atoms with Gasteiger partial charge in [0.2, 0.25) is 5.91 Å². The number of carbonyl (C=O) groups excluding carboxylic acids is 1. The van der Waals surface area contributed by atoms with Crippen molar-refractivity contribution >= 4 is 17.2 Å². The lowest BCUT2D eigenvalue weighted by molar-refractivity contribution is -0.121. The van der Waals surface area contributed by atoms with Crippen molar-refractivity contribution in [2.45, 2.75) is 38.6 Å². The van der Waals surface area contributed by atoms with Gasteiger partial charge in [-0.2, -0.15) is 0 Å². The maximum atomic E-state index is 12.3. The number of likely N-dealkylation sites (tertiary alicyclic amines) is 1. The number of nitrogens with one attached hydrogen (secondary N) is 1. The minimum Gasteiger partial charge on any atom is -0.508 e. The lowest BCUT2D eigenvalue weighted by Crippen LogP contribution is -2.41. The fourth-order valence-electron chi connectivity index (χ4n) is 3.50. The molecule has 0 radical (unpaired) electrons. The number of piperidine rings is 1. The normalized spacial score (nSPS) is 17.1. The Hall–Kier alpha value is -1.85. The van der Waals surface area contributed by atoms with Crippen molar-refractivity contribution in [1.29, 1.82) is 0 Å². The van der Waals surface area contributed by atoms with Gasteiger partial charge < -0.3 is 10.4 Å². The van der Waals surface area contributed by atoms with Gasteiger partial charge in [0.05, 0.1) is 6.04 Å². The Morgan fingerprint density at radius 1 is 1.27 bits per heavy atom. The van der Waals surface area contributed by atoms with Crippen LogP contribution in [0.5, 0.6) is 5.75 Å². The second-order valence-electron chi connectivity index (χ2n) is 7.18. The second kappa shape index (κ2) is 9.19. The standard InChI is InChI=1S/C21H28N2O2S/c1-16-10-12-23(13-11-16)18(20-7-4-14-26-20)15-22-21(25)9-8-17-5-2-3-6-19(17)24/h2-7,14,16,18,24H,8-13,15H2,1H3,(H,22,25). The van der Waals surface area contributed by atoms with Crippen molar-refractivity contribution in [1.82, 2.24) is 10.2 Å². The van der Waals surface area contributed by atoms with Gasteiger partial charge in [0, 0.05) is 17.8 Å². The maximum Gasteiger partial charge on any atom is 0.220 e. The number of hydrogen-bond donors (Lipinski definition) is 2. The van der Waals surface area contributed by atoms with E-state index in [1.54, 1.807) is 23.5 Å². The molecule has 1 aliphatic rings. The van der Waals surface area contributed by atoms with E-state index >= 15 is 0 Å². The molecule has 5 heteroatoms. The van der Waals surface area contributed by atoms with Gasteiger partial charge in [0.25, 0.3) is 0 Å². The van der Waals surface area contributed by atoms with Crippen molar-refractivity contribution in [2.75, 3.05) is 19.6 Å². The zero-order chi connectivity index (χ0) is 18.4. The fraction of sp³-hybridized carbons (Fsp3) is 0.476. The topological polar surface area (TPSA) is 52.6 Å². The highest BCUT2D eigenvalue weighted by molar-refractivity contribution is 7.10. The number of aryl methyl sites for hydroxylation is 1. The smallest absolute Gasteiger partial charge is 0.220 e. The van der Waals surface area contributed by atoms with E-state index in [-0.39, 0.29) is 17.7 Å². The van der Waals surface area contributed by atoms with Crippen LogP contribution in [0.15, 0.2) is 41.8 Å². The van der Waals surface area contributed by atoms with Crippen LogP contribution in [0.1, 0.15) is 42.7 Å². The van der Waals surface area contributed by atoms with E-state index in [9.17, 15) is 9.90 Å². The molecule has 2 N–H and O–H groups in total. The number of benzene rings is 1. The van der Waals surface area contributed by atoms with Gasteiger partial charge in [0.15, 0.2) is 0 Å². The first-order valence-electron chi connectivity index (χ1n) is 9.44. The summed E-state index contributed by atoms with van der Waals surface area (Å²) in [4.78, 5) is 16.2. The summed E-state index contributed by atoms with van der Waals surface area (Å²) in [6.45, 7) is 5.15. The fourth-order valence-corrected chi connectivity index (χ4v) is 4.36. The van der Waals surface area contributed by atoms with E-state index in [0.717, 1.165) is 24.6 Å². The largest absolute Gasteiger partial charge is 0.508 e. The summed E-state index contributed by atoms with van der Waals surface area (Å²) < 4.78 is 0. The molecule has 2 aromatic rings. The van der Waals surface area contributed by atoms with E-state index in [2.05, 4.69) is 34.7 Å². The molecule has 1 saturated heterocycles. The second-order valence-corrected chi connectivity index (χ2v) is 8.16. The van der Waals surface area contributed by atoms with Crippen molar-refractivity contribution in [3.8, 4) is 5.75 Å². The van der Waals surface area contributed by atoms with Crippen LogP contribution in [0.25, 0.3) is 0 Å². The molecule has 26 heavy (non-hydrogen) atoms. The van der Waals surface area contributed by atoms with Gasteiger partial charge in [-0.15, -0.1) is 11.3 Å². The van der Waals surface area contributed by atoms with Gasteiger partial charge in [-0.25, -0.2) is 0 Å². The van der Waals surface area contributed by atoms with Gasteiger partial charge >= 0.3 is 0 Å². The third kappa shape index (κ3) is 5.08. The molecule has 1 amide bonds. The molecule has 1 unspecified atom stereocenters. The van der Waals surface area contributed by atoms with Crippen molar-refractivity contribution in [3.05, 3.63) is 52.2 Å². The maximum absolute atomic E-state index is 12.3. The number of aromatic hydroxyl groups is 1. The predicted molar refractivity (Wildman–Crippen MR) is 106 cm³/mol. The molecule has 1 fully saturated rings. The number of thiophene rings is 1. The summed E-state index contributed by atoms with van der Waals surface area (Å²) in [6.07, 6.45) is 3.40. The van der Waals surface area contributed by atoms with Gasteiger partial charge in [-0.05, 0) is 61.3 Å². The number of rotatable bonds is 7. The number of carbonyl (C=O) groups is 1. The monoisotopic (exact) mass is 372 g/mol. The van der Waals surface area contributed by atoms with Gasteiger partial charge in [-0.3, -0.25) is 9.69 Å². The highest BCUT2D eigenvalue weighted by Gasteiger charge is 2.25. The molecule has 1 atom stereocenters. The zero-order valence-corrected chi connectivity index (χ0v) is 16.2. The number of phenols is 1. The molecule has 3 rings (SSSR count). The highest BCUT2D eigenvalue weighted by Crippen LogP contribution is 2.29. The van der Waals surface area contributed by atoms with Gasteiger partial charge in [-0.1, -0.05) is 31.2 Å². The van der Waals surface area contributed by atoms with Crippen molar-refractivity contribution in [3.63, 3.8) is 0 Å². The van der Waals surface area contributed by atoms with Crippen LogP contribution in [0.4, 0.5) is 0 Å². The molecule has 4 nitrogen and oxygen atoms in total. The zero-order valence-electron chi connectivity index (χ0n) is 15.4. The van der Waals surface area contributed by atoms with E-state index in [0.29, 0.717) is 19.4 Å². The summed E-state index contributed by atoms with van der Waals surface area (Å²) in [5, 5.41) is 15.0. The average molecular weight is 373 g/mol. The molecule has 0 aliphatic carbocycles. The van der Waals surface area contributed by atoms with Crippen LogP contribution >= 0.6 is 11.3 Å². The summed E-state index contributed by atoms with van der Waals surface area (Å²) in [5.41, 5.74) is 0.822. The predicted octanol–water partition coefficient (Wildman–Crippen LogP) is 3.98. The summed E-state index contributed by atoms with van der Waals surface area (Å²) in [7, 11) is 0. The van der Waals surface area contributed by atoms with E-state index < -0.39 is 0 Å². The lowest BCUT2D eigenvalue weighted by Gasteiger charge is -2.36. The molecule has 1 aromatic carbocycles. The van der Waals surface area contributed by atoms with E-state index in [4.69, 9.17) is 0 Å². The number of phenolic OH excluding ortho intramolecular Hbond substituents is 1. The van der Waals surface area contributed by atoms with Crippen LogP contribution in [0.2, 0.25) is 0 Å². The van der Waals surface area contributed by atoms with Crippen LogP contribution in [-0.4, -0.2) is 35.5 Å². The van der Waals surface area contributed by atoms with Crippen molar-refractivity contribution < 1.29 is 9.90 Å². The Labute approximate surface area is 159 Å². The molecule has 0 saturated carbocycles. The number of nitrogens with zero attached hydrogens (tertiary/aromatic N) is 1. The third-order valence-corrected chi connectivity index (χ3v) is 6.21.